The monoisotopic (exact) mass is 434 g/mol. The molecular weight excluding hydrogens is 412 g/mol. The molecule has 0 aliphatic carbocycles. The normalized spacial score (nSPS) is 21.1. The number of ketones is 1. The van der Waals surface area contributed by atoms with E-state index in [4.69, 9.17) is 0 Å². The maximum atomic E-state index is 12.7. The summed E-state index contributed by atoms with van der Waals surface area (Å²) in [5.74, 6) is -0.771. The molecule has 2 aromatic rings. The van der Waals surface area contributed by atoms with Gasteiger partial charge < -0.3 is 9.80 Å². The van der Waals surface area contributed by atoms with E-state index in [0.29, 0.717) is 11.6 Å². The number of quaternary nitrogens is 2. The Bertz CT molecular complexity index is 791. The summed E-state index contributed by atoms with van der Waals surface area (Å²) in [6.45, 7) is 7.94. The number of aromatic nitrogens is 1. The number of benzene rings is 1. The second kappa shape index (κ2) is 8.87. The highest BCUT2D eigenvalue weighted by molar-refractivity contribution is 9.10. The van der Waals surface area contributed by atoms with Crippen molar-refractivity contribution in [3.8, 4) is 17.3 Å². The molecule has 0 unspecified atom stereocenters. The minimum atomic E-state index is -0.756. The van der Waals surface area contributed by atoms with Crippen LogP contribution in [0.15, 0.2) is 34.1 Å². The van der Waals surface area contributed by atoms with Crippen LogP contribution >= 0.6 is 27.3 Å². The fourth-order valence-corrected chi connectivity index (χ4v) is 4.43. The second-order valence-electron chi connectivity index (χ2n) is 6.64. The zero-order valence-corrected chi connectivity index (χ0v) is 17.2. The van der Waals surface area contributed by atoms with E-state index >= 15 is 0 Å². The molecule has 26 heavy (non-hydrogen) atoms. The van der Waals surface area contributed by atoms with Gasteiger partial charge in [-0.3, -0.25) is 4.79 Å². The number of likely N-dealkylation sites (N-methyl/N-ethyl adjacent to an activating group) is 1. The number of hydrogen-bond acceptors (Lipinski definition) is 4. The number of Topliss-reactive ketones (excluding diaryl/α,β-unsaturated/α-hetero) is 1. The summed E-state index contributed by atoms with van der Waals surface area (Å²) in [6.07, 6.45) is 0. The zero-order chi connectivity index (χ0) is 18.5. The van der Waals surface area contributed by atoms with Crippen molar-refractivity contribution in [2.75, 3.05) is 39.3 Å². The molecule has 0 saturated carbocycles. The average Bonchev–Trinajstić information content (AvgIpc) is 3.13. The van der Waals surface area contributed by atoms with E-state index in [2.05, 4.69) is 33.9 Å². The summed E-state index contributed by atoms with van der Waals surface area (Å²) >= 11 is 4.82. The zero-order valence-electron chi connectivity index (χ0n) is 14.8. The lowest BCUT2D eigenvalue weighted by Crippen LogP contribution is -3.28. The summed E-state index contributed by atoms with van der Waals surface area (Å²) in [5, 5.41) is 12.1. The number of halogens is 1. The van der Waals surface area contributed by atoms with Gasteiger partial charge in [-0.05, 0) is 19.1 Å². The topological polar surface area (TPSA) is 62.6 Å². The number of carbonyl (C=O) groups is 1. The Hall–Kier alpha value is -1.59. The summed E-state index contributed by atoms with van der Waals surface area (Å²) in [5.41, 5.74) is 1.81. The molecule has 0 amide bonds. The lowest BCUT2D eigenvalue weighted by molar-refractivity contribution is -1.01. The van der Waals surface area contributed by atoms with E-state index in [1.54, 1.807) is 4.90 Å². The summed E-state index contributed by atoms with van der Waals surface area (Å²) in [7, 11) is 0. The van der Waals surface area contributed by atoms with Crippen LogP contribution in [0.4, 0.5) is 0 Å². The first kappa shape index (κ1) is 19.2. The van der Waals surface area contributed by atoms with Gasteiger partial charge in [-0.15, -0.1) is 11.3 Å². The molecule has 2 N–H and O–H groups in total. The standard InChI is InChI=1S/C19H21BrN4OS/c1-2-23-7-9-24(10-8-23)12-18(25)16(11-21)19-22-17(13-26-19)14-3-5-15(20)6-4-14/h3-6,13,16H,2,7-10,12H2,1H3/p+2/t16-/m1/s1. The Balaban J connectivity index is 1.66. The van der Waals surface area contributed by atoms with Crippen LogP contribution < -0.4 is 9.80 Å². The predicted molar refractivity (Wildman–Crippen MR) is 105 cm³/mol. The Labute approximate surface area is 166 Å². The number of rotatable bonds is 6. The minimum absolute atomic E-state index is 0.0147. The second-order valence-corrected chi connectivity index (χ2v) is 8.44. The fourth-order valence-electron chi connectivity index (χ4n) is 3.27. The van der Waals surface area contributed by atoms with Gasteiger partial charge in [-0.2, -0.15) is 5.26 Å². The van der Waals surface area contributed by atoms with Gasteiger partial charge in [0.2, 0.25) is 5.78 Å². The van der Waals surface area contributed by atoms with E-state index < -0.39 is 5.92 Å². The van der Waals surface area contributed by atoms with E-state index in [1.807, 2.05) is 29.6 Å². The third kappa shape index (κ3) is 4.57. The average molecular weight is 435 g/mol. The van der Waals surface area contributed by atoms with Crippen LogP contribution in [0, 0.1) is 11.3 Å². The van der Waals surface area contributed by atoms with E-state index in [9.17, 15) is 10.1 Å². The number of nitrogens with zero attached hydrogens (tertiary/aromatic N) is 2. The highest BCUT2D eigenvalue weighted by Gasteiger charge is 2.30. The smallest absolute Gasteiger partial charge is 0.210 e. The van der Waals surface area contributed by atoms with Crippen molar-refractivity contribution in [1.82, 2.24) is 4.98 Å². The van der Waals surface area contributed by atoms with Crippen LogP contribution in [0.5, 0.6) is 0 Å². The quantitative estimate of drug-likeness (QED) is 0.697. The van der Waals surface area contributed by atoms with Crippen LogP contribution in [0.2, 0.25) is 0 Å². The molecule has 0 spiro atoms. The van der Waals surface area contributed by atoms with Crippen LogP contribution in [0.25, 0.3) is 11.3 Å². The number of nitriles is 1. The molecule has 2 heterocycles. The third-order valence-electron chi connectivity index (χ3n) is 4.95. The molecular formula is C19H23BrN4OS+2. The van der Waals surface area contributed by atoms with Crippen molar-refractivity contribution in [3.05, 3.63) is 39.1 Å². The lowest BCUT2D eigenvalue weighted by Gasteiger charge is -2.28. The largest absolute Gasteiger partial charge is 0.326 e. The lowest BCUT2D eigenvalue weighted by atomic mass is 10.1. The van der Waals surface area contributed by atoms with Crippen LogP contribution in [-0.2, 0) is 4.79 Å². The number of hydrogen-bond donors (Lipinski definition) is 2. The van der Waals surface area contributed by atoms with E-state index in [-0.39, 0.29) is 5.78 Å². The van der Waals surface area contributed by atoms with Crippen molar-refractivity contribution in [2.45, 2.75) is 12.8 Å². The molecule has 5 nitrogen and oxygen atoms in total. The van der Waals surface area contributed by atoms with Crippen molar-refractivity contribution in [3.63, 3.8) is 0 Å². The number of carbonyl (C=O) groups excluding carboxylic acids is 1. The summed E-state index contributed by atoms with van der Waals surface area (Å²) < 4.78 is 1.01. The van der Waals surface area contributed by atoms with Gasteiger partial charge >= 0.3 is 0 Å². The third-order valence-corrected chi connectivity index (χ3v) is 6.39. The van der Waals surface area contributed by atoms with Gasteiger partial charge in [0.1, 0.15) is 37.7 Å². The minimum Gasteiger partial charge on any atom is -0.326 e. The van der Waals surface area contributed by atoms with Crippen molar-refractivity contribution >= 4 is 33.0 Å². The summed E-state index contributed by atoms with van der Waals surface area (Å²) in [4.78, 5) is 20.1. The molecule has 1 fully saturated rings. The van der Waals surface area contributed by atoms with E-state index in [0.717, 1.165) is 48.5 Å². The molecule has 7 heteroatoms. The first-order chi connectivity index (χ1) is 12.6. The Morgan fingerprint density at radius 3 is 2.54 bits per heavy atom. The van der Waals surface area contributed by atoms with Gasteiger partial charge in [0, 0.05) is 15.4 Å². The SMILES string of the molecule is CC[NH+]1CC[NH+](CC(=O)[C@@H](C#N)c2nc(-c3ccc(Br)cc3)cs2)CC1. The molecule has 136 valence electrons. The highest BCUT2D eigenvalue weighted by Crippen LogP contribution is 2.27. The molecule has 1 saturated heterocycles. The fraction of sp³-hybridized carbons (Fsp3) is 0.421. The number of nitrogens with one attached hydrogen (secondary N) is 2. The molecule has 1 aromatic heterocycles. The summed E-state index contributed by atoms with van der Waals surface area (Å²) in [6, 6.07) is 10.1. The first-order valence-electron chi connectivity index (χ1n) is 8.91. The van der Waals surface area contributed by atoms with Gasteiger partial charge in [0.15, 0.2) is 5.92 Å². The maximum Gasteiger partial charge on any atom is 0.210 e. The van der Waals surface area contributed by atoms with Crippen LogP contribution in [0.1, 0.15) is 17.8 Å². The molecule has 1 aromatic carbocycles. The molecule has 1 aliphatic heterocycles. The molecule has 0 bridgehead atoms. The van der Waals surface area contributed by atoms with Gasteiger partial charge in [0.05, 0.1) is 18.3 Å². The Kier molecular flexibility index (Phi) is 6.54. The highest BCUT2D eigenvalue weighted by atomic mass is 79.9. The molecule has 0 radical (unpaired) electrons. The predicted octanol–water partition coefficient (Wildman–Crippen LogP) is 0.552. The molecule has 1 aliphatic rings. The first-order valence-corrected chi connectivity index (χ1v) is 10.6. The van der Waals surface area contributed by atoms with Crippen LogP contribution in [-0.4, -0.2) is 50.0 Å². The van der Waals surface area contributed by atoms with Gasteiger partial charge in [-0.25, -0.2) is 4.98 Å². The van der Waals surface area contributed by atoms with Crippen molar-refractivity contribution in [1.29, 1.82) is 5.26 Å². The Morgan fingerprint density at radius 1 is 1.27 bits per heavy atom. The molecule has 3 rings (SSSR count). The van der Waals surface area contributed by atoms with E-state index in [1.165, 1.54) is 16.2 Å². The molecule has 1 atom stereocenters. The van der Waals surface area contributed by atoms with Crippen molar-refractivity contribution in [2.24, 2.45) is 0 Å². The maximum absolute atomic E-state index is 12.7. The number of piperazine rings is 1. The van der Waals surface area contributed by atoms with Crippen molar-refractivity contribution < 1.29 is 14.6 Å². The number of thiazole rings is 1. The van der Waals surface area contributed by atoms with Gasteiger partial charge in [-0.1, -0.05) is 28.1 Å². The van der Waals surface area contributed by atoms with Gasteiger partial charge in [0.25, 0.3) is 0 Å². The Morgan fingerprint density at radius 2 is 1.92 bits per heavy atom. The van der Waals surface area contributed by atoms with Crippen LogP contribution in [0.3, 0.4) is 0 Å².